The SMILES string of the molecule is Cc1cc(Nc2cc(NC3CC3)ncn2)no1. The van der Waals surface area contributed by atoms with Crippen LogP contribution in [0.3, 0.4) is 0 Å². The highest BCUT2D eigenvalue weighted by atomic mass is 16.5. The molecule has 2 aromatic rings. The fraction of sp³-hybridized carbons (Fsp3) is 0.364. The molecule has 1 aliphatic carbocycles. The Morgan fingerprint density at radius 2 is 2.00 bits per heavy atom. The lowest BCUT2D eigenvalue weighted by atomic mass is 10.4. The third-order valence-corrected chi connectivity index (χ3v) is 2.48. The Kier molecular flexibility index (Phi) is 2.40. The number of nitrogens with zero attached hydrogens (tertiary/aromatic N) is 3. The van der Waals surface area contributed by atoms with Crippen LogP contribution >= 0.6 is 0 Å². The molecule has 1 saturated carbocycles. The van der Waals surface area contributed by atoms with E-state index in [1.54, 1.807) is 0 Å². The van der Waals surface area contributed by atoms with Gasteiger partial charge >= 0.3 is 0 Å². The van der Waals surface area contributed by atoms with E-state index in [0.29, 0.717) is 17.7 Å². The molecule has 0 radical (unpaired) electrons. The molecule has 17 heavy (non-hydrogen) atoms. The Labute approximate surface area is 98.4 Å². The van der Waals surface area contributed by atoms with Gasteiger partial charge in [-0.2, -0.15) is 0 Å². The molecule has 2 heterocycles. The Morgan fingerprint density at radius 3 is 2.71 bits per heavy atom. The van der Waals surface area contributed by atoms with Gasteiger partial charge in [-0.15, -0.1) is 0 Å². The van der Waals surface area contributed by atoms with E-state index in [0.717, 1.165) is 11.6 Å². The van der Waals surface area contributed by atoms with Crippen molar-refractivity contribution >= 4 is 17.5 Å². The van der Waals surface area contributed by atoms with Crippen molar-refractivity contribution in [3.8, 4) is 0 Å². The third kappa shape index (κ3) is 2.52. The van der Waals surface area contributed by atoms with Gasteiger partial charge in [0.1, 0.15) is 23.7 Å². The summed E-state index contributed by atoms with van der Waals surface area (Å²) in [7, 11) is 0. The van der Waals surface area contributed by atoms with Gasteiger partial charge in [0.25, 0.3) is 0 Å². The Hall–Kier alpha value is -2.11. The summed E-state index contributed by atoms with van der Waals surface area (Å²) in [6.45, 7) is 1.85. The lowest BCUT2D eigenvalue weighted by Gasteiger charge is -2.05. The first-order valence-electron chi connectivity index (χ1n) is 5.58. The van der Waals surface area contributed by atoms with Crippen molar-refractivity contribution in [3.63, 3.8) is 0 Å². The molecule has 0 saturated heterocycles. The van der Waals surface area contributed by atoms with Crippen molar-refractivity contribution < 1.29 is 4.52 Å². The van der Waals surface area contributed by atoms with Crippen LogP contribution < -0.4 is 10.6 Å². The van der Waals surface area contributed by atoms with Gasteiger partial charge in [0.2, 0.25) is 0 Å². The minimum atomic E-state index is 0.576. The first kappa shape index (κ1) is 10.1. The number of rotatable bonds is 4. The predicted octanol–water partition coefficient (Wildman–Crippen LogP) is 2.09. The second kappa shape index (κ2) is 4.04. The molecule has 2 aromatic heterocycles. The van der Waals surface area contributed by atoms with E-state index in [-0.39, 0.29) is 0 Å². The summed E-state index contributed by atoms with van der Waals surface area (Å²) >= 11 is 0. The van der Waals surface area contributed by atoms with E-state index < -0.39 is 0 Å². The fourth-order valence-corrected chi connectivity index (χ4v) is 1.50. The van der Waals surface area contributed by atoms with Crippen molar-refractivity contribution in [2.24, 2.45) is 0 Å². The van der Waals surface area contributed by atoms with Crippen LogP contribution in [-0.4, -0.2) is 21.2 Å². The molecule has 0 bridgehead atoms. The Morgan fingerprint density at radius 1 is 1.18 bits per heavy atom. The molecule has 0 aliphatic heterocycles. The smallest absolute Gasteiger partial charge is 0.175 e. The van der Waals surface area contributed by atoms with E-state index in [1.165, 1.54) is 19.2 Å². The zero-order valence-electron chi connectivity index (χ0n) is 9.47. The summed E-state index contributed by atoms with van der Waals surface area (Å²) in [5.41, 5.74) is 0. The monoisotopic (exact) mass is 231 g/mol. The lowest BCUT2D eigenvalue weighted by molar-refractivity contribution is 0.400. The van der Waals surface area contributed by atoms with Crippen LogP contribution in [0.1, 0.15) is 18.6 Å². The first-order valence-corrected chi connectivity index (χ1v) is 5.58. The highest BCUT2D eigenvalue weighted by Crippen LogP contribution is 2.24. The van der Waals surface area contributed by atoms with E-state index in [2.05, 4.69) is 25.8 Å². The quantitative estimate of drug-likeness (QED) is 0.839. The van der Waals surface area contributed by atoms with E-state index in [1.807, 2.05) is 19.1 Å². The second-order valence-electron chi connectivity index (χ2n) is 4.15. The molecule has 0 atom stereocenters. The standard InChI is InChI=1S/C11H13N5O/c1-7-4-11(16-17-7)15-10-5-9(12-6-13-10)14-8-2-3-8/h4-6,8H,2-3H2,1H3,(H2,12,13,14,15,16). The van der Waals surface area contributed by atoms with Crippen molar-refractivity contribution in [2.75, 3.05) is 10.6 Å². The molecule has 1 fully saturated rings. The highest BCUT2D eigenvalue weighted by Gasteiger charge is 2.21. The molecule has 6 nitrogen and oxygen atoms in total. The minimum absolute atomic E-state index is 0.576. The van der Waals surface area contributed by atoms with E-state index >= 15 is 0 Å². The highest BCUT2D eigenvalue weighted by molar-refractivity contribution is 5.55. The third-order valence-electron chi connectivity index (χ3n) is 2.48. The summed E-state index contributed by atoms with van der Waals surface area (Å²) in [5, 5.41) is 10.2. The van der Waals surface area contributed by atoms with Crippen LogP contribution in [0.2, 0.25) is 0 Å². The summed E-state index contributed by atoms with van der Waals surface area (Å²) in [6, 6.07) is 4.25. The number of hydrogen-bond donors (Lipinski definition) is 2. The van der Waals surface area contributed by atoms with Crippen molar-refractivity contribution in [1.82, 2.24) is 15.1 Å². The van der Waals surface area contributed by atoms with E-state index in [4.69, 9.17) is 4.52 Å². The zero-order chi connectivity index (χ0) is 11.7. The molecule has 0 spiro atoms. The molecule has 0 amide bonds. The van der Waals surface area contributed by atoms with Crippen molar-refractivity contribution in [1.29, 1.82) is 0 Å². The number of nitrogens with one attached hydrogen (secondary N) is 2. The molecule has 0 unspecified atom stereocenters. The minimum Gasteiger partial charge on any atom is -0.367 e. The summed E-state index contributed by atoms with van der Waals surface area (Å²) in [4.78, 5) is 8.29. The molecule has 2 N–H and O–H groups in total. The predicted molar refractivity (Wildman–Crippen MR) is 63.2 cm³/mol. The van der Waals surface area contributed by atoms with Crippen LogP contribution in [0, 0.1) is 6.92 Å². The van der Waals surface area contributed by atoms with Gasteiger partial charge in [0, 0.05) is 18.2 Å². The van der Waals surface area contributed by atoms with Crippen molar-refractivity contribution in [3.05, 3.63) is 24.2 Å². The van der Waals surface area contributed by atoms with Crippen LogP contribution in [0.4, 0.5) is 17.5 Å². The van der Waals surface area contributed by atoms with Crippen LogP contribution in [0.15, 0.2) is 23.0 Å². The molecule has 88 valence electrons. The lowest BCUT2D eigenvalue weighted by Crippen LogP contribution is -2.04. The summed E-state index contributed by atoms with van der Waals surface area (Å²) in [6.07, 6.45) is 3.96. The second-order valence-corrected chi connectivity index (χ2v) is 4.15. The number of aromatic nitrogens is 3. The molecular weight excluding hydrogens is 218 g/mol. The molecule has 6 heteroatoms. The van der Waals surface area contributed by atoms with Crippen LogP contribution in [0.25, 0.3) is 0 Å². The van der Waals surface area contributed by atoms with Gasteiger partial charge in [0.15, 0.2) is 5.82 Å². The van der Waals surface area contributed by atoms with Crippen LogP contribution in [-0.2, 0) is 0 Å². The summed E-state index contributed by atoms with van der Waals surface area (Å²) in [5.74, 6) is 2.96. The largest absolute Gasteiger partial charge is 0.367 e. The maximum absolute atomic E-state index is 4.97. The van der Waals surface area contributed by atoms with Crippen LogP contribution in [0.5, 0.6) is 0 Å². The summed E-state index contributed by atoms with van der Waals surface area (Å²) < 4.78 is 4.97. The normalized spacial score (nSPS) is 14.6. The topological polar surface area (TPSA) is 75.9 Å². The number of hydrogen-bond acceptors (Lipinski definition) is 6. The molecular formula is C11H13N5O. The zero-order valence-corrected chi connectivity index (χ0v) is 9.47. The first-order chi connectivity index (χ1) is 8.29. The van der Waals surface area contributed by atoms with Gasteiger partial charge in [-0.25, -0.2) is 9.97 Å². The molecule has 3 rings (SSSR count). The fourth-order valence-electron chi connectivity index (χ4n) is 1.50. The maximum atomic E-state index is 4.97. The average molecular weight is 231 g/mol. The van der Waals surface area contributed by atoms with Gasteiger partial charge in [-0.05, 0) is 19.8 Å². The van der Waals surface area contributed by atoms with Gasteiger partial charge in [-0.3, -0.25) is 0 Å². The number of aryl methyl sites for hydroxylation is 1. The van der Waals surface area contributed by atoms with Gasteiger partial charge < -0.3 is 15.2 Å². The van der Waals surface area contributed by atoms with Gasteiger partial charge in [0.05, 0.1) is 0 Å². The Balaban J connectivity index is 1.73. The van der Waals surface area contributed by atoms with Gasteiger partial charge in [-0.1, -0.05) is 5.16 Å². The number of anilines is 3. The maximum Gasteiger partial charge on any atom is 0.175 e. The molecule has 0 aromatic carbocycles. The Bertz CT molecular complexity index is 520. The molecule has 1 aliphatic rings. The average Bonchev–Trinajstić information content (AvgIpc) is 3.02. The van der Waals surface area contributed by atoms with Crippen molar-refractivity contribution in [2.45, 2.75) is 25.8 Å². The van der Waals surface area contributed by atoms with E-state index in [9.17, 15) is 0 Å².